The van der Waals surface area contributed by atoms with Crippen LogP contribution in [0.3, 0.4) is 0 Å². The van der Waals surface area contributed by atoms with Crippen LogP contribution >= 0.6 is 0 Å². The van der Waals surface area contributed by atoms with Crippen LogP contribution in [-0.2, 0) is 0 Å². The van der Waals surface area contributed by atoms with Crippen molar-refractivity contribution in [3.8, 4) is 11.1 Å². The van der Waals surface area contributed by atoms with Gasteiger partial charge in [0, 0.05) is 24.8 Å². The molecule has 0 spiro atoms. The quantitative estimate of drug-likeness (QED) is 0.917. The van der Waals surface area contributed by atoms with E-state index in [0.29, 0.717) is 5.82 Å². The van der Waals surface area contributed by atoms with Crippen LogP contribution in [0.25, 0.3) is 11.1 Å². The molecule has 1 aromatic carbocycles. The Morgan fingerprint density at radius 3 is 2.29 bits per heavy atom. The first-order valence-electron chi connectivity index (χ1n) is 7.68. The van der Waals surface area contributed by atoms with Crippen LogP contribution < -0.4 is 10.6 Å². The zero-order valence-electron chi connectivity index (χ0n) is 12.5. The molecule has 0 atom stereocenters. The number of nitrogens with zero attached hydrogens (tertiary/aromatic N) is 3. The van der Waals surface area contributed by atoms with E-state index in [9.17, 15) is 0 Å². The van der Waals surface area contributed by atoms with Gasteiger partial charge in [0.05, 0.1) is 0 Å². The monoisotopic (exact) mass is 282 g/mol. The molecule has 4 nitrogen and oxygen atoms in total. The summed E-state index contributed by atoms with van der Waals surface area (Å²) >= 11 is 0. The Hall–Kier alpha value is -2.10. The number of nitrogen functional groups attached to an aromatic ring is 1. The van der Waals surface area contributed by atoms with Gasteiger partial charge in [-0.1, -0.05) is 42.7 Å². The molecule has 0 radical (unpaired) electrons. The number of benzene rings is 1. The van der Waals surface area contributed by atoms with Crippen molar-refractivity contribution in [3.63, 3.8) is 0 Å². The second-order valence-corrected chi connectivity index (χ2v) is 5.74. The molecule has 0 amide bonds. The first kappa shape index (κ1) is 13.9. The number of hydrogen-bond acceptors (Lipinski definition) is 4. The van der Waals surface area contributed by atoms with E-state index < -0.39 is 0 Å². The summed E-state index contributed by atoms with van der Waals surface area (Å²) < 4.78 is 0. The third kappa shape index (κ3) is 3.15. The molecule has 1 saturated heterocycles. The second-order valence-electron chi connectivity index (χ2n) is 5.74. The summed E-state index contributed by atoms with van der Waals surface area (Å²) in [6, 6.07) is 8.29. The molecule has 2 aromatic rings. The van der Waals surface area contributed by atoms with Crippen LogP contribution in [0.15, 0.2) is 30.5 Å². The van der Waals surface area contributed by atoms with Gasteiger partial charge in [-0.3, -0.25) is 0 Å². The van der Waals surface area contributed by atoms with Gasteiger partial charge in [0.25, 0.3) is 0 Å². The van der Waals surface area contributed by atoms with E-state index in [1.165, 1.54) is 31.2 Å². The van der Waals surface area contributed by atoms with Crippen LogP contribution in [0.1, 0.15) is 31.2 Å². The molecule has 0 aliphatic carbocycles. The fourth-order valence-corrected chi connectivity index (χ4v) is 2.76. The fourth-order valence-electron chi connectivity index (χ4n) is 2.76. The molecule has 3 rings (SSSR count). The van der Waals surface area contributed by atoms with E-state index in [4.69, 9.17) is 5.73 Å². The molecule has 0 bridgehead atoms. The molecule has 4 heteroatoms. The predicted molar refractivity (Wildman–Crippen MR) is 87.3 cm³/mol. The minimum atomic E-state index is 0.563. The third-order valence-corrected chi connectivity index (χ3v) is 4.06. The van der Waals surface area contributed by atoms with Gasteiger partial charge in [-0.25, -0.2) is 4.98 Å². The van der Waals surface area contributed by atoms with Crippen molar-refractivity contribution in [1.29, 1.82) is 0 Å². The fraction of sp³-hybridized carbons (Fsp3) is 0.412. The maximum atomic E-state index is 6.16. The molecular weight excluding hydrogens is 260 g/mol. The standard InChI is InChI=1S/C17H22N4/c1-13-6-8-14(9-7-13)15-12-19-17(20-16(15)18)21-10-4-2-3-5-11-21/h6-9,12H,2-5,10-11H2,1H3,(H2,18,19,20). The summed E-state index contributed by atoms with van der Waals surface area (Å²) in [6.45, 7) is 4.14. The SMILES string of the molecule is Cc1ccc(-c2cnc(N3CCCCCC3)nc2N)cc1. The summed E-state index contributed by atoms with van der Waals surface area (Å²) in [5.74, 6) is 1.33. The first-order chi connectivity index (χ1) is 10.2. The number of nitrogens with two attached hydrogens (primary N) is 1. The van der Waals surface area contributed by atoms with Crippen LogP contribution in [0.4, 0.5) is 11.8 Å². The van der Waals surface area contributed by atoms with Crippen molar-refractivity contribution >= 4 is 11.8 Å². The summed E-state index contributed by atoms with van der Waals surface area (Å²) in [4.78, 5) is 11.3. The van der Waals surface area contributed by atoms with Gasteiger partial charge < -0.3 is 10.6 Å². The molecule has 2 heterocycles. The molecule has 110 valence electrons. The van der Waals surface area contributed by atoms with Gasteiger partial charge in [-0.2, -0.15) is 4.98 Å². The van der Waals surface area contributed by atoms with Crippen LogP contribution in [-0.4, -0.2) is 23.1 Å². The Labute approximate surface area is 126 Å². The lowest BCUT2D eigenvalue weighted by atomic mass is 10.1. The van der Waals surface area contributed by atoms with E-state index in [1.54, 1.807) is 0 Å². The molecule has 1 aliphatic heterocycles. The van der Waals surface area contributed by atoms with Crippen molar-refractivity contribution in [3.05, 3.63) is 36.0 Å². The number of hydrogen-bond donors (Lipinski definition) is 1. The Balaban J connectivity index is 1.86. The van der Waals surface area contributed by atoms with Crippen LogP contribution in [0.5, 0.6) is 0 Å². The Kier molecular flexibility index (Phi) is 4.04. The van der Waals surface area contributed by atoms with Crippen molar-refractivity contribution in [1.82, 2.24) is 9.97 Å². The third-order valence-electron chi connectivity index (χ3n) is 4.06. The van der Waals surface area contributed by atoms with E-state index in [0.717, 1.165) is 30.2 Å². The van der Waals surface area contributed by atoms with Crippen molar-refractivity contribution in [2.75, 3.05) is 23.7 Å². The molecule has 1 aromatic heterocycles. The zero-order valence-corrected chi connectivity index (χ0v) is 12.5. The second kappa shape index (κ2) is 6.12. The number of anilines is 2. The Bertz CT molecular complexity index is 599. The van der Waals surface area contributed by atoms with E-state index >= 15 is 0 Å². The average molecular weight is 282 g/mol. The topological polar surface area (TPSA) is 55.0 Å². The highest BCUT2D eigenvalue weighted by atomic mass is 15.3. The minimum absolute atomic E-state index is 0.563. The largest absolute Gasteiger partial charge is 0.383 e. The van der Waals surface area contributed by atoms with E-state index in [2.05, 4.69) is 46.1 Å². The predicted octanol–water partition coefficient (Wildman–Crippen LogP) is 3.41. The molecule has 0 saturated carbocycles. The van der Waals surface area contributed by atoms with Crippen molar-refractivity contribution in [2.45, 2.75) is 32.6 Å². The average Bonchev–Trinajstić information content (AvgIpc) is 2.77. The van der Waals surface area contributed by atoms with Gasteiger partial charge in [0.2, 0.25) is 5.95 Å². The maximum Gasteiger partial charge on any atom is 0.227 e. The molecule has 21 heavy (non-hydrogen) atoms. The molecule has 0 unspecified atom stereocenters. The summed E-state index contributed by atoms with van der Waals surface area (Å²) in [5, 5.41) is 0. The normalized spacial score (nSPS) is 15.8. The number of rotatable bonds is 2. The van der Waals surface area contributed by atoms with Gasteiger partial charge >= 0.3 is 0 Å². The first-order valence-corrected chi connectivity index (χ1v) is 7.68. The molecular formula is C17H22N4. The summed E-state index contributed by atoms with van der Waals surface area (Å²) in [5.41, 5.74) is 9.38. The lowest BCUT2D eigenvalue weighted by molar-refractivity contribution is 0.726. The van der Waals surface area contributed by atoms with Crippen molar-refractivity contribution < 1.29 is 0 Å². The minimum Gasteiger partial charge on any atom is -0.383 e. The highest BCUT2D eigenvalue weighted by molar-refractivity contribution is 5.73. The van der Waals surface area contributed by atoms with Gasteiger partial charge in [-0.15, -0.1) is 0 Å². The lowest BCUT2D eigenvalue weighted by Gasteiger charge is -2.20. The van der Waals surface area contributed by atoms with E-state index in [-0.39, 0.29) is 0 Å². The highest BCUT2D eigenvalue weighted by Gasteiger charge is 2.14. The summed E-state index contributed by atoms with van der Waals surface area (Å²) in [6.07, 6.45) is 6.88. The van der Waals surface area contributed by atoms with Crippen LogP contribution in [0, 0.1) is 6.92 Å². The van der Waals surface area contributed by atoms with Gasteiger partial charge in [0.1, 0.15) is 5.82 Å². The van der Waals surface area contributed by atoms with Gasteiger partial charge in [0.15, 0.2) is 0 Å². The number of aryl methyl sites for hydroxylation is 1. The summed E-state index contributed by atoms with van der Waals surface area (Å²) in [7, 11) is 0. The van der Waals surface area contributed by atoms with Crippen molar-refractivity contribution in [2.24, 2.45) is 0 Å². The molecule has 1 aliphatic rings. The smallest absolute Gasteiger partial charge is 0.227 e. The van der Waals surface area contributed by atoms with Crippen LogP contribution in [0.2, 0.25) is 0 Å². The number of aromatic nitrogens is 2. The Morgan fingerprint density at radius 1 is 1.00 bits per heavy atom. The van der Waals surface area contributed by atoms with Gasteiger partial charge in [-0.05, 0) is 25.3 Å². The lowest BCUT2D eigenvalue weighted by Crippen LogP contribution is -2.26. The maximum absolute atomic E-state index is 6.16. The highest BCUT2D eigenvalue weighted by Crippen LogP contribution is 2.26. The van der Waals surface area contributed by atoms with E-state index in [1.807, 2.05) is 6.20 Å². The zero-order chi connectivity index (χ0) is 14.7. The molecule has 1 fully saturated rings. The Morgan fingerprint density at radius 2 is 1.67 bits per heavy atom. The molecule has 2 N–H and O–H groups in total.